The molecule has 0 aromatic rings. The van der Waals surface area contributed by atoms with E-state index < -0.39 is 27.3 Å². The summed E-state index contributed by atoms with van der Waals surface area (Å²) in [5.41, 5.74) is 0. The van der Waals surface area contributed by atoms with Crippen LogP contribution in [-0.2, 0) is 14.8 Å². The van der Waals surface area contributed by atoms with Crippen molar-refractivity contribution in [2.45, 2.75) is 25.1 Å². The summed E-state index contributed by atoms with van der Waals surface area (Å²) in [6.07, 6.45) is 0. The fourth-order valence-corrected chi connectivity index (χ4v) is 1.40. The second-order valence-electron chi connectivity index (χ2n) is 2.49. The van der Waals surface area contributed by atoms with Crippen LogP contribution in [0.25, 0.3) is 0 Å². The molecule has 0 amide bonds. The number of rotatable bonds is 4. The zero-order valence-corrected chi connectivity index (χ0v) is 8.00. The monoisotopic (exact) mass is 206 g/mol. The molecule has 0 bridgehead atoms. The smallest absolute Gasteiger partial charge is 0.321 e. The minimum absolute atomic E-state index is 1.18. The van der Waals surface area contributed by atoms with Gasteiger partial charge in [-0.15, -0.1) is 0 Å². The van der Waals surface area contributed by atoms with E-state index in [1.54, 1.807) is 0 Å². The third-order valence-electron chi connectivity index (χ3n) is 1.36. The molecule has 1 unspecified atom stereocenters. The highest BCUT2D eigenvalue weighted by Crippen LogP contribution is 1.97. The number of hydrogen-bond acceptors (Lipinski definition) is 4. The summed E-state index contributed by atoms with van der Waals surface area (Å²) in [6.45, 7) is 2.36. The maximum atomic E-state index is 11.1. The van der Waals surface area contributed by atoms with Gasteiger partial charge in [0, 0.05) is 0 Å². The number of sulfonamides is 1. The van der Waals surface area contributed by atoms with Crippen LogP contribution in [0.5, 0.6) is 0 Å². The van der Waals surface area contributed by atoms with E-state index in [0.29, 0.717) is 0 Å². The Morgan fingerprint density at radius 2 is 2.00 bits per heavy atom. The van der Waals surface area contributed by atoms with Crippen molar-refractivity contribution in [3.8, 4) is 6.07 Å². The molecule has 6 nitrogen and oxygen atoms in total. The van der Waals surface area contributed by atoms with E-state index >= 15 is 0 Å². The fraction of sp³-hybridized carbons (Fsp3) is 0.667. The lowest BCUT2D eigenvalue weighted by Gasteiger charge is -2.10. The summed E-state index contributed by atoms with van der Waals surface area (Å²) in [5.74, 6) is -1.28. The Bertz CT molecular complexity index is 329. The van der Waals surface area contributed by atoms with Gasteiger partial charge in [-0.2, -0.15) is 5.26 Å². The van der Waals surface area contributed by atoms with Gasteiger partial charge < -0.3 is 5.11 Å². The van der Waals surface area contributed by atoms with Gasteiger partial charge in [0.05, 0.1) is 6.07 Å². The van der Waals surface area contributed by atoms with Gasteiger partial charge in [-0.3, -0.25) is 4.79 Å². The maximum absolute atomic E-state index is 11.1. The summed E-state index contributed by atoms with van der Waals surface area (Å²) in [4.78, 5) is 10.3. The lowest BCUT2D eigenvalue weighted by molar-refractivity contribution is -0.138. The molecule has 2 N–H and O–H groups in total. The van der Waals surface area contributed by atoms with Crippen molar-refractivity contribution in [3.63, 3.8) is 0 Å². The number of nitrogens with one attached hydrogen (secondary N) is 1. The van der Waals surface area contributed by atoms with Gasteiger partial charge in [0.15, 0.2) is 5.25 Å². The largest absolute Gasteiger partial charge is 0.480 e. The molecule has 0 aliphatic heterocycles. The van der Waals surface area contributed by atoms with Crippen molar-refractivity contribution in [2.75, 3.05) is 0 Å². The number of carboxylic acid groups (broad SMARTS) is 1. The first-order chi connectivity index (χ1) is 5.81. The van der Waals surface area contributed by atoms with Crippen LogP contribution in [-0.4, -0.2) is 30.8 Å². The minimum Gasteiger partial charge on any atom is -0.480 e. The molecular weight excluding hydrogens is 196 g/mol. The molecule has 0 spiro atoms. The molecule has 0 aromatic carbocycles. The first kappa shape index (κ1) is 11.9. The molecule has 0 rings (SSSR count). The molecule has 0 radical (unpaired) electrons. The summed E-state index contributed by atoms with van der Waals surface area (Å²) < 4.78 is 24.0. The van der Waals surface area contributed by atoms with E-state index in [1.807, 2.05) is 4.72 Å². The van der Waals surface area contributed by atoms with Crippen molar-refractivity contribution in [3.05, 3.63) is 0 Å². The molecule has 0 aromatic heterocycles. The molecule has 0 heterocycles. The molecular formula is C6H10N2O4S. The molecule has 0 aliphatic rings. The van der Waals surface area contributed by atoms with Crippen LogP contribution in [0, 0.1) is 11.3 Å². The van der Waals surface area contributed by atoms with Crippen LogP contribution in [0.1, 0.15) is 13.8 Å². The molecule has 0 saturated heterocycles. The number of carbonyl (C=O) groups is 1. The van der Waals surface area contributed by atoms with Crippen LogP contribution in [0.15, 0.2) is 0 Å². The van der Waals surface area contributed by atoms with Gasteiger partial charge >= 0.3 is 5.97 Å². The van der Waals surface area contributed by atoms with Gasteiger partial charge in [0.25, 0.3) is 0 Å². The van der Waals surface area contributed by atoms with Gasteiger partial charge in [0.1, 0.15) is 6.04 Å². The Hall–Kier alpha value is -1.13. The van der Waals surface area contributed by atoms with E-state index in [0.717, 1.165) is 0 Å². The van der Waals surface area contributed by atoms with Gasteiger partial charge in [-0.1, -0.05) is 0 Å². The van der Waals surface area contributed by atoms with E-state index in [-0.39, 0.29) is 0 Å². The Balaban J connectivity index is 4.55. The predicted octanol–water partition coefficient (Wildman–Crippen LogP) is -0.709. The number of hydrogen-bond donors (Lipinski definition) is 2. The van der Waals surface area contributed by atoms with E-state index in [4.69, 9.17) is 10.4 Å². The first-order valence-corrected chi connectivity index (χ1v) is 4.99. The van der Waals surface area contributed by atoms with Crippen molar-refractivity contribution in [1.82, 2.24) is 4.72 Å². The van der Waals surface area contributed by atoms with Crippen LogP contribution < -0.4 is 4.72 Å². The molecule has 2 atom stereocenters. The maximum Gasteiger partial charge on any atom is 0.321 e. The first-order valence-electron chi connectivity index (χ1n) is 3.45. The molecule has 0 saturated carbocycles. The SMILES string of the molecule is CC(C#N)S(=O)(=O)N[C@@H](C)C(=O)O. The Labute approximate surface area is 76.2 Å². The summed E-state index contributed by atoms with van der Waals surface area (Å²) in [7, 11) is -3.85. The van der Waals surface area contributed by atoms with Crippen LogP contribution in [0.3, 0.4) is 0 Å². The molecule has 0 fully saturated rings. The topological polar surface area (TPSA) is 107 Å². The third kappa shape index (κ3) is 3.40. The minimum atomic E-state index is -3.85. The van der Waals surface area contributed by atoms with Gasteiger partial charge in [0.2, 0.25) is 10.0 Å². The van der Waals surface area contributed by atoms with Crippen LogP contribution in [0.4, 0.5) is 0 Å². The average molecular weight is 206 g/mol. The number of nitrogens with zero attached hydrogens (tertiary/aromatic N) is 1. The van der Waals surface area contributed by atoms with Gasteiger partial charge in [-0.05, 0) is 13.8 Å². The second-order valence-corrected chi connectivity index (χ2v) is 4.53. The fourth-order valence-electron chi connectivity index (χ4n) is 0.468. The quantitative estimate of drug-likeness (QED) is 0.631. The zero-order valence-electron chi connectivity index (χ0n) is 7.18. The predicted molar refractivity (Wildman–Crippen MR) is 44.2 cm³/mol. The van der Waals surface area contributed by atoms with Crippen LogP contribution >= 0.6 is 0 Å². The van der Waals surface area contributed by atoms with E-state index in [9.17, 15) is 13.2 Å². The lowest BCUT2D eigenvalue weighted by Crippen LogP contribution is -2.42. The summed E-state index contributed by atoms with van der Waals surface area (Å²) in [5, 5.41) is 15.4. The normalized spacial score (nSPS) is 15.8. The van der Waals surface area contributed by atoms with E-state index in [2.05, 4.69) is 0 Å². The third-order valence-corrected chi connectivity index (χ3v) is 3.08. The number of nitriles is 1. The summed E-state index contributed by atoms with van der Waals surface area (Å²) >= 11 is 0. The zero-order chi connectivity index (χ0) is 10.6. The van der Waals surface area contributed by atoms with Crippen LogP contribution in [0.2, 0.25) is 0 Å². The highest BCUT2D eigenvalue weighted by atomic mass is 32.2. The van der Waals surface area contributed by atoms with Gasteiger partial charge in [-0.25, -0.2) is 13.1 Å². The summed E-state index contributed by atoms with van der Waals surface area (Å²) in [6, 6.07) is 0.285. The second kappa shape index (κ2) is 4.20. The molecule has 74 valence electrons. The highest BCUT2D eigenvalue weighted by Gasteiger charge is 2.24. The van der Waals surface area contributed by atoms with Crippen molar-refractivity contribution in [2.24, 2.45) is 0 Å². The molecule has 0 aliphatic carbocycles. The molecule has 7 heteroatoms. The Morgan fingerprint density at radius 3 is 2.31 bits per heavy atom. The highest BCUT2D eigenvalue weighted by molar-refractivity contribution is 7.90. The lowest BCUT2D eigenvalue weighted by atomic mass is 10.4. The molecule has 13 heavy (non-hydrogen) atoms. The van der Waals surface area contributed by atoms with Crippen molar-refractivity contribution < 1.29 is 18.3 Å². The van der Waals surface area contributed by atoms with Crippen molar-refractivity contribution in [1.29, 1.82) is 5.26 Å². The Morgan fingerprint density at radius 1 is 1.54 bits per heavy atom. The number of carboxylic acids is 1. The van der Waals surface area contributed by atoms with E-state index in [1.165, 1.54) is 19.9 Å². The Kier molecular flexibility index (Phi) is 3.84. The number of aliphatic carboxylic acids is 1. The standard InChI is InChI=1S/C6H10N2O4S/c1-4(3-7)13(11,12)8-5(2)6(9)10/h4-5,8H,1-2H3,(H,9,10)/t4?,5-/m0/s1. The average Bonchev–Trinajstić information content (AvgIpc) is 2.01. The van der Waals surface area contributed by atoms with Crippen molar-refractivity contribution >= 4 is 16.0 Å².